The summed E-state index contributed by atoms with van der Waals surface area (Å²) in [7, 11) is 0. The van der Waals surface area contributed by atoms with Gasteiger partial charge >= 0.3 is 0 Å². The summed E-state index contributed by atoms with van der Waals surface area (Å²) in [5, 5.41) is 8.84. The van der Waals surface area contributed by atoms with Gasteiger partial charge in [0.25, 0.3) is 0 Å². The van der Waals surface area contributed by atoms with Gasteiger partial charge in [-0.3, -0.25) is 0 Å². The topological polar surface area (TPSA) is 84.8 Å². The number of aromatic nitrogens is 2. The molecule has 2 N–H and O–H groups in total. The Labute approximate surface area is 140 Å². The van der Waals surface area contributed by atoms with Crippen molar-refractivity contribution in [3.63, 3.8) is 0 Å². The molecule has 0 radical (unpaired) electrons. The normalized spacial score (nSPS) is 10.2. The van der Waals surface area contributed by atoms with Crippen molar-refractivity contribution < 1.29 is 4.74 Å². The van der Waals surface area contributed by atoms with E-state index in [-0.39, 0.29) is 5.82 Å². The molecule has 0 fully saturated rings. The lowest BCUT2D eigenvalue weighted by Gasteiger charge is -2.08. The first-order chi connectivity index (χ1) is 11.8. The zero-order valence-corrected chi connectivity index (χ0v) is 13.0. The molecule has 0 bridgehead atoms. The van der Waals surface area contributed by atoms with Crippen LogP contribution in [0.1, 0.15) is 11.4 Å². The van der Waals surface area contributed by atoms with Gasteiger partial charge in [0.15, 0.2) is 0 Å². The Bertz CT molecular complexity index is 869. The van der Waals surface area contributed by atoms with Crippen molar-refractivity contribution in [2.75, 3.05) is 6.54 Å². The van der Waals surface area contributed by atoms with Crippen LogP contribution in [0, 0.1) is 11.3 Å². The Morgan fingerprint density at radius 3 is 2.62 bits per heavy atom. The summed E-state index contributed by atoms with van der Waals surface area (Å²) in [4.78, 5) is 7.84. The minimum Gasteiger partial charge on any atom is -0.439 e. The van der Waals surface area contributed by atoms with E-state index in [2.05, 4.69) is 34.2 Å². The van der Waals surface area contributed by atoms with Gasteiger partial charge in [0.2, 0.25) is 11.7 Å². The molecule has 0 saturated carbocycles. The highest BCUT2D eigenvalue weighted by Gasteiger charge is 2.04. The van der Waals surface area contributed by atoms with Crippen molar-refractivity contribution in [3.8, 4) is 28.8 Å². The number of nitrogens with two attached hydrogens (primary N) is 1. The van der Waals surface area contributed by atoms with Crippen LogP contribution in [0.25, 0.3) is 11.1 Å². The SMILES string of the molecule is N#Cc1nccc(Oc2cccc(-c3ccc(CCN)cc3)c2)n1. The van der Waals surface area contributed by atoms with E-state index in [4.69, 9.17) is 15.7 Å². The van der Waals surface area contributed by atoms with E-state index in [1.165, 1.54) is 11.8 Å². The van der Waals surface area contributed by atoms with Crippen molar-refractivity contribution in [2.45, 2.75) is 6.42 Å². The van der Waals surface area contributed by atoms with Gasteiger partial charge < -0.3 is 10.5 Å². The number of nitriles is 1. The lowest BCUT2D eigenvalue weighted by molar-refractivity contribution is 0.461. The second kappa shape index (κ2) is 7.36. The molecule has 1 heterocycles. The molecule has 118 valence electrons. The smallest absolute Gasteiger partial charge is 0.235 e. The van der Waals surface area contributed by atoms with Crippen LogP contribution in [0.2, 0.25) is 0 Å². The Hall–Kier alpha value is -3.23. The van der Waals surface area contributed by atoms with Crippen LogP contribution in [-0.2, 0) is 6.42 Å². The molecule has 0 spiro atoms. The molecule has 0 unspecified atom stereocenters. The van der Waals surface area contributed by atoms with Crippen molar-refractivity contribution >= 4 is 0 Å². The van der Waals surface area contributed by atoms with Crippen LogP contribution in [0.3, 0.4) is 0 Å². The summed E-state index contributed by atoms with van der Waals surface area (Å²) < 4.78 is 5.73. The fourth-order valence-electron chi connectivity index (χ4n) is 2.34. The Morgan fingerprint density at radius 2 is 1.88 bits per heavy atom. The van der Waals surface area contributed by atoms with E-state index in [1.807, 2.05) is 30.3 Å². The second-order valence-electron chi connectivity index (χ2n) is 5.20. The Kier molecular flexibility index (Phi) is 4.80. The third kappa shape index (κ3) is 3.75. The summed E-state index contributed by atoms with van der Waals surface area (Å²) in [5.41, 5.74) is 8.94. The summed E-state index contributed by atoms with van der Waals surface area (Å²) in [6.45, 7) is 0.645. The van der Waals surface area contributed by atoms with Gasteiger partial charge in [-0.1, -0.05) is 36.4 Å². The van der Waals surface area contributed by atoms with Crippen LogP contribution < -0.4 is 10.5 Å². The second-order valence-corrected chi connectivity index (χ2v) is 5.20. The average molecular weight is 316 g/mol. The molecule has 24 heavy (non-hydrogen) atoms. The Balaban J connectivity index is 1.82. The van der Waals surface area contributed by atoms with E-state index in [0.29, 0.717) is 18.2 Å². The molecule has 0 atom stereocenters. The molecule has 5 heteroatoms. The van der Waals surface area contributed by atoms with Gasteiger partial charge in [0, 0.05) is 12.3 Å². The molecule has 0 aliphatic rings. The number of nitrogens with zero attached hydrogens (tertiary/aromatic N) is 3. The molecule has 1 aromatic heterocycles. The molecular weight excluding hydrogens is 300 g/mol. The highest BCUT2D eigenvalue weighted by molar-refractivity contribution is 5.65. The fraction of sp³-hybridized carbons (Fsp3) is 0.105. The van der Waals surface area contributed by atoms with Crippen molar-refractivity contribution in [1.29, 1.82) is 5.26 Å². The first-order valence-electron chi connectivity index (χ1n) is 7.59. The van der Waals surface area contributed by atoms with E-state index >= 15 is 0 Å². The number of hydrogen-bond donors (Lipinski definition) is 1. The molecule has 3 rings (SSSR count). The first kappa shape index (κ1) is 15.7. The zero-order chi connectivity index (χ0) is 16.8. The lowest BCUT2D eigenvalue weighted by Crippen LogP contribution is -2.02. The van der Waals surface area contributed by atoms with Crippen LogP contribution in [0.15, 0.2) is 60.8 Å². The van der Waals surface area contributed by atoms with Gasteiger partial charge in [-0.2, -0.15) is 10.2 Å². The van der Waals surface area contributed by atoms with Crippen LogP contribution >= 0.6 is 0 Å². The van der Waals surface area contributed by atoms with Gasteiger partial charge in [-0.15, -0.1) is 0 Å². The molecule has 0 aliphatic heterocycles. The summed E-state index contributed by atoms with van der Waals surface area (Å²) in [6.07, 6.45) is 2.37. The molecule has 0 amide bonds. The van der Waals surface area contributed by atoms with E-state index in [0.717, 1.165) is 17.5 Å². The molecule has 0 aliphatic carbocycles. The molecule has 0 saturated heterocycles. The fourth-order valence-corrected chi connectivity index (χ4v) is 2.34. The number of benzene rings is 2. The largest absolute Gasteiger partial charge is 0.439 e. The molecule has 2 aromatic carbocycles. The molecule has 3 aromatic rings. The maximum atomic E-state index is 8.84. The quantitative estimate of drug-likeness (QED) is 0.780. The van der Waals surface area contributed by atoms with Crippen LogP contribution in [-0.4, -0.2) is 16.5 Å². The van der Waals surface area contributed by atoms with Crippen LogP contribution in [0.5, 0.6) is 11.6 Å². The van der Waals surface area contributed by atoms with Crippen molar-refractivity contribution in [1.82, 2.24) is 9.97 Å². The average Bonchev–Trinajstić information content (AvgIpc) is 2.63. The summed E-state index contributed by atoms with van der Waals surface area (Å²) >= 11 is 0. The standard InChI is InChI=1S/C19H16N4O/c20-10-8-14-4-6-15(7-5-14)16-2-1-3-17(12-16)24-19-9-11-22-18(13-21)23-19/h1-7,9,11-12H,8,10,20H2. The maximum Gasteiger partial charge on any atom is 0.235 e. The van der Waals surface area contributed by atoms with Crippen molar-refractivity contribution in [2.24, 2.45) is 5.73 Å². The highest BCUT2D eigenvalue weighted by Crippen LogP contribution is 2.26. The Morgan fingerprint density at radius 1 is 1.04 bits per heavy atom. The predicted octanol–water partition coefficient (Wildman–Crippen LogP) is 3.31. The van der Waals surface area contributed by atoms with Crippen LogP contribution in [0.4, 0.5) is 0 Å². The number of ether oxygens (including phenoxy) is 1. The van der Waals surface area contributed by atoms with E-state index in [1.54, 1.807) is 6.07 Å². The van der Waals surface area contributed by atoms with Gasteiger partial charge in [-0.05, 0) is 41.8 Å². The van der Waals surface area contributed by atoms with Gasteiger partial charge in [0.05, 0.1) is 0 Å². The molecular formula is C19H16N4O. The monoisotopic (exact) mass is 316 g/mol. The van der Waals surface area contributed by atoms with Crippen molar-refractivity contribution in [3.05, 3.63) is 72.2 Å². The third-order valence-electron chi connectivity index (χ3n) is 3.51. The van der Waals surface area contributed by atoms with Gasteiger partial charge in [0.1, 0.15) is 11.8 Å². The maximum absolute atomic E-state index is 8.84. The lowest BCUT2D eigenvalue weighted by atomic mass is 10.0. The zero-order valence-electron chi connectivity index (χ0n) is 13.0. The van der Waals surface area contributed by atoms with E-state index in [9.17, 15) is 0 Å². The minimum absolute atomic E-state index is 0.0825. The summed E-state index contributed by atoms with van der Waals surface area (Å²) in [6, 6.07) is 19.5. The third-order valence-corrected chi connectivity index (χ3v) is 3.51. The van der Waals surface area contributed by atoms with Gasteiger partial charge in [-0.25, -0.2) is 4.98 Å². The first-order valence-corrected chi connectivity index (χ1v) is 7.59. The van der Waals surface area contributed by atoms with E-state index < -0.39 is 0 Å². The number of rotatable bonds is 5. The summed E-state index contributed by atoms with van der Waals surface area (Å²) in [5.74, 6) is 1.08. The number of hydrogen-bond acceptors (Lipinski definition) is 5. The minimum atomic E-state index is 0.0825. The molecule has 5 nitrogen and oxygen atoms in total. The predicted molar refractivity (Wildman–Crippen MR) is 91.5 cm³/mol. The highest BCUT2D eigenvalue weighted by atomic mass is 16.5.